The molecule has 0 aromatic rings. The number of carbonyl (C=O) groups is 1. The van der Waals surface area contributed by atoms with Crippen LogP contribution in [0.3, 0.4) is 0 Å². The van der Waals surface area contributed by atoms with Crippen molar-refractivity contribution in [1.29, 1.82) is 0 Å². The molecular weight excluding hydrogens is 228 g/mol. The van der Waals surface area contributed by atoms with Crippen molar-refractivity contribution in [3.8, 4) is 0 Å². The van der Waals surface area contributed by atoms with Crippen LogP contribution in [0.1, 0.15) is 46.0 Å². The van der Waals surface area contributed by atoms with E-state index in [1.165, 1.54) is 19.3 Å². The van der Waals surface area contributed by atoms with E-state index < -0.39 is 0 Å². The standard InChI is InChI=1S/C14H28N2O2/c1-3-5-10-18-14(17)12-16(4-2)11-13-8-6-7-9-15-13/h13,15H,3-12H2,1-2H3. The van der Waals surface area contributed by atoms with E-state index in [1.54, 1.807) is 0 Å². The average Bonchev–Trinajstić information content (AvgIpc) is 2.39. The van der Waals surface area contributed by atoms with Gasteiger partial charge in [0.1, 0.15) is 0 Å². The molecule has 1 aliphatic rings. The molecule has 1 aliphatic heterocycles. The second-order valence-electron chi connectivity index (χ2n) is 5.05. The molecule has 1 N–H and O–H groups in total. The first-order chi connectivity index (χ1) is 8.76. The van der Waals surface area contributed by atoms with E-state index in [0.29, 0.717) is 19.2 Å². The van der Waals surface area contributed by atoms with E-state index in [2.05, 4.69) is 24.1 Å². The minimum absolute atomic E-state index is 0.0823. The molecule has 1 fully saturated rings. The van der Waals surface area contributed by atoms with Gasteiger partial charge in [-0.2, -0.15) is 0 Å². The van der Waals surface area contributed by atoms with Gasteiger partial charge in [0, 0.05) is 12.6 Å². The molecule has 1 unspecified atom stereocenters. The summed E-state index contributed by atoms with van der Waals surface area (Å²) in [7, 11) is 0. The van der Waals surface area contributed by atoms with Crippen molar-refractivity contribution in [3.05, 3.63) is 0 Å². The van der Waals surface area contributed by atoms with Crippen LogP contribution in [0.5, 0.6) is 0 Å². The van der Waals surface area contributed by atoms with Crippen LogP contribution in [-0.2, 0) is 9.53 Å². The first kappa shape index (κ1) is 15.4. The summed E-state index contributed by atoms with van der Waals surface area (Å²) >= 11 is 0. The van der Waals surface area contributed by atoms with Crippen molar-refractivity contribution in [1.82, 2.24) is 10.2 Å². The molecule has 106 valence electrons. The first-order valence-corrected chi connectivity index (χ1v) is 7.37. The Bertz CT molecular complexity index is 228. The zero-order valence-electron chi connectivity index (χ0n) is 11.9. The molecule has 0 amide bonds. The maximum absolute atomic E-state index is 11.6. The maximum Gasteiger partial charge on any atom is 0.320 e. The summed E-state index contributed by atoms with van der Waals surface area (Å²) in [6.45, 7) is 8.17. The van der Waals surface area contributed by atoms with E-state index >= 15 is 0 Å². The van der Waals surface area contributed by atoms with Gasteiger partial charge in [-0.25, -0.2) is 0 Å². The van der Waals surface area contributed by atoms with Gasteiger partial charge in [-0.1, -0.05) is 26.7 Å². The fourth-order valence-electron chi connectivity index (χ4n) is 2.26. The van der Waals surface area contributed by atoms with Crippen molar-refractivity contribution >= 4 is 5.97 Å². The predicted molar refractivity (Wildman–Crippen MR) is 73.6 cm³/mol. The molecule has 4 heteroatoms. The van der Waals surface area contributed by atoms with Crippen LogP contribution in [0.4, 0.5) is 0 Å². The minimum Gasteiger partial charge on any atom is -0.465 e. The largest absolute Gasteiger partial charge is 0.465 e. The Morgan fingerprint density at radius 1 is 1.39 bits per heavy atom. The molecule has 1 atom stereocenters. The molecule has 0 bridgehead atoms. The summed E-state index contributed by atoms with van der Waals surface area (Å²) < 4.78 is 5.20. The smallest absolute Gasteiger partial charge is 0.320 e. The third-order valence-electron chi connectivity index (χ3n) is 3.45. The second-order valence-corrected chi connectivity index (χ2v) is 5.05. The number of unbranched alkanes of at least 4 members (excludes halogenated alkanes) is 1. The van der Waals surface area contributed by atoms with Gasteiger partial charge in [-0.05, 0) is 32.4 Å². The number of rotatable bonds is 8. The maximum atomic E-state index is 11.6. The molecule has 0 radical (unpaired) electrons. The highest BCUT2D eigenvalue weighted by molar-refractivity contribution is 5.71. The number of likely N-dealkylation sites (N-methyl/N-ethyl adjacent to an activating group) is 1. The summed E-state index contributed by atoms with van der Waals surface area (Å²) in [6.07, 6.45) is 5.83. The number of carbonyl (C=O) groups excluding carboxylic acids is 1. The third-order valence-corrected chi connectivity index (χ3v) is 3.45. The van der Waals surface area contributed by atoms with Gasteiger partial charge in [0.05, 0.1) is 13.2 Å². The van der Waals surface area contributed by atoms with Gasteiger partial charge in [0.2, 0.25) is 0 Å². The van der Waals surface area contributed by atoms with E-state index in [-0.39, 0.29) is 5.97 Å². The van der Waals surface area contributed by atoms with Gasteiger partial charge < -0.3 is 10.1 Å². The lowest BCUT2D eigenvalue weighted by molar-refractivity contribution is -0.145. The molecule has 1 saturated heterocycles. The Morgan fingerprint density at radius 2 is 2.22 bits per heavy atom. The van der Waals surface area contributed by atoms with Crippen LogP contribution in [0, 0.1) is 0 Å². The van der Waals surface area contributed by atoms with E-state index in [9.17, 15) is 4.79 Å². The topological polar surface area (TPSA) is 41.6 Å². The lowest BCUT2D eigenvalue weighted by atomic mass is 10.0. The van der Waals surface area contributed by atoms with Crippen molar-refractivity contribution < 1.29 is 9.53 Å². The van der Waals surface area contributed by atoms with Gasteiger partial charge in [-0.15, -0.1) is 0 Å². The minimum atomic E-state index is -0.0823. The van der Waals surface area contributed by atoms with Crippen molar-refractivity contribution in [3.63, 3.8) is 0 Å². The van der Waals surface area contributed by atoms with Gasteiger partial charge >= 0.3 is 5.97 Å². The van der Waals surface area contributed by atoms with E-state index in [0.717, 1.165) is 32.5 Å². The molecular formula is C14H28N2O2. The highest BCUT2D eigenvalue weighted by Crippen LogP contribution is 2.08. The Morgan fingerprint density at radius 3 is 2.83 bits per heavy atom. The lowest BCUT2D eigenvalue weighted by Crippen LogP contribution is -2.45. The second kappa shape index (κ2) is 9.34. The molecule has 1 rings (SSSR count). The molecule has 1 heterocycles. The Kier molecular flexibility index (Phi) is 8.01. The summed E-state index contributed by atoms with van der Waals surface area (Å²) in [4.78, 5) is 13.8. The number of ether oxygens (including phenoxy) is 1. The molecule has 0 aromatic carbocycles. The van der Waals surface area contributed by atoms with Gasteiger partial charge in [-0.3, -0.25) is 9.69 Å². The highest BCUT2D eigenvalue weighted by atomic mass is 16.5. The highest BCUT2D eigenvalue weighted by Gasteiger charge is 2.17. The first-order valence-electron chi connectivity index (χ1n) is 7.37. The lowest BCUT2D eigenvalue weighted by Gasteiger charge is -2.29. The van der Waals surface area contributed by atoms with Crippen LogP contribution >= 0.6 is 0 Å². The Hall–Kier alpha value is -0.610. The number of piperidine rings is 1. The molecule has 0 spiro atoms. The average molecular weight is 256 g/mol. The van der Waals surface area contributed by atoms with Gasteiger partial charge in [0.15, 0.2) is 0 Å². The van der Waals surface area contributed by atoms with Gasteiger partial charge in [0.25, 0.3) is 0 Å². The monoisotopic (exact) mass is 256 g/mol. The van der Waals surface area contributed by atoms with E-state index in [1.807, 2.05) is 0 Å². The van der Waals surface area contributed by atoms with Crippen LogP contribution in [0.15, 0.2) is 0 Å². The summed E-state index contributed by atoms with van der Waals surface area (Å²) in [6, 6.07) is 0.544. The van der Waals surface area contributed by atoms with Crippen LogP contribution in [-0.4, -0.2) is 49.7 Å². The molecule has 0 saturated carbocycles. The van der Waals surface area contributed by atoms with Crippen LogP contribution in [0.2, 0.25) is 0 Å². The van der Waals surface area contributed by atoms with E-state index in [4.69, 9.17) is 4.74 Å². The summed E-state index contributed by atoms with van der Waals surface area (Å²) in [5.41, 5.74) is 0. The zero-order valence-corrected chi connectivity index (χ0v) is 11.9. The summed E-state index contributed by atoms with van der Waals surface area (Å²) in [5.74, 6) is -0.0823. The Balaban J connectivity index is 2.20. The summed E-state index contributed by atoms with van der Waals surface area (Å²) in [5, 5.41) is 3.52. The number of hydrogen-bond donors (Lipinski definition) is 1. The van der Waals surface area contributed by atoms with Crippen LogP contribution in [0.25, 0.3) is 0 Å². The third kappa shape index (κ3) is 6.36. The molecule has 0 aliphatic carbocycles. The Labute approximate surface area is 111 Å². The molecule has 4 nitrogen and oxygen atoms in total. The quantitative estimate of drug-likeness (QED) is 0.531. The van der Waals surface area contributed by atoms with Crippen LogP contribution < -0.4 is 5.32 Å². The normalized spacial score (nSPS) is 20.1. The number of nitrogens with zero attached hydrogens (tertiary/aromatic N) is 1. The fourth-order valence-corrected chi connectivity index (χ4v) is 2.26. The predicted octanol–water partition coefficient (Wildman–Crippen LogP) is 1.79. The number of nitrogens with one attached hydrogen (secondary N) is 1. The van der Waals surface area contributed by atoms with Crippen molar-refractivity contribution in [2.24, 2.45) is 0 Å². The molecule has 0 aromatic heterocycles. The zero-order chi connectivity index (χ0) is 13.2. The SMILES string of the molecule is CCCCOC(=O)CN(CC)CC1CCCCN1. The number of esters is 1. The van der Waals surface area contributed by atoms with Crippen molar-refractivity contribution in [2.75, 3.05) is 32.8 Å². The number of hydrogen-bond acceptors (Lipinski definition) is 4. The van der Waals surface area contributed by atoms with Crippen molar-refractivity contribution in [2.45, 2.75) is 52.0 Å². The fraction of sp³-hybridized carbons (Fsp3) is 0.929. The molecule has 18 heavy (non-hydrogen) atoms.